The van der Waals surface area contributed by atoms with Crippen LogP contribution in [0.3, 0.4) is 0 Å². The number of para-hydroxylation sites is 1. The molecule has 2 aromatic heterocycles. The van der Waals surface area contributed by atoms with E-state index in [4.69, 9.17) is 9.97 Å². The minimum Gasteiger partial charge on any atom is -0.278 e. The molecule has 234 valence electrons. The molecular formula is C47H31N3. The van der Waals surface area contributed by atoms with Crippen LogP contribution < -0.4 is 0 Å². The second kappa shape index (κ2) is 9.87. The van der Waals surface area contributed by atoms with Gasteiger partial charge in [0.2, 0.25) is 5.95 Å². The Morgan fingerprint density at radius 2 is 1.12 bits per heavy atom. The molecule has 0 amide bonds. The minimum atomic E-state index is -0.129. The Kier molecular flexibility index (Phi) is 5.45. The van der Waals surface area contributed by atoms with Crippen LogP contribution in [0.15, 0.2) is 152 Å². The normalized spacial score (nSPS) is 13.6. The number of rotatable bonds is 2. The van der Waals surface area contributed by atoms with Crippen molar-refractivity contribution in [3.8, 4) is 28.3 Å². The topological polar surface area (TPSA) is 30.7 Å². The number of benzene rings is 8. The van der Waals surface area contributed by atoms with Crippen molar-refractivity contribution in [3.05, 3.63) is 163 Å². The third-order valence-electron chi connectivity index (χ3n) is 11.2. The summed E-state index contributed by atoms with van der Waals surface area (Å²) in [5.74, 6) is 0.678. The Morgan fingerprint density at radius 1 is 0.440 bits per heavy atom. The zero-order valence-corrected chi connectivity index (χ0v) is 27.8. The molecule has 0 N–H and O–H groups in total. The molecule has 0 bridgehead atoms. The highest BCUT2D eigenvalue weighted by Crippen LogP contribution is 2.52. The van der Waals surface area contributed by atoms with Gasteiger partial charge in [0, 0.05) is 32.5 Å². The van der Waals surface area contributed by atoms with Crippen LogP contribution in [0.1, 0.15) is 25.0 Å². The van der Waals surface area contributed by atoms with Crippen LogP contribution in [-0.4, -0.2) is 14.5 Å². The molecule has 0 saturated heterocycles. The van der Waals surface area contributed by atoms with Crippen molar-refractivity contribution in [2.75, 3.05) is 0 Å². The molecule has 0 atom stereocenters. The molecule has 1 aliphatic carbocycles. The summed E-state index contributed by atoms with van der Waals surface area (Å²) in [7, 11) is 0. The first-order valence-electron chi connectivity index (χ1n) is 17.3. The summed E-state index contributed by atoms with van der Waals surface area (Å²) in [6.07, 6.45) is 0. The molecule has 8 aromatic carbocycles. The second-order valence-electron chi connectivity index (χ2n) is 14.2. The number of hydrogen-bond acceptors (Lipinski definition) is 2. The Bertz CT molecular complexity index is 3070. The highest BCUT2D eigenvalue weighted by atomic mass is 15.2. The number of aromatic nitrogens is 3. The van der Waals surface area contributed by atoms with Crippen molar-refractivity contribution in [2.45, 2.75) is 19.3 Å². The third-order valence-corrected chi connectivity index (χ3v) is 11.2. The first kappa shape index (κ1) is 27.6. The molecule has 0 spiro atoms. The average Bonchev–Trinajstić information content (AvgIpc) is 3.61. The molecule has 0 radical (unpaired) electrons. The smallest absolute Gasteiger partial charge is 0.235 e. The summed E-state index contributed by atoms with van der Waals surface area (Å²) in [5.41, 5.74) is 10.5. The van der Waals surface area contributed by atoms with E-state index in [1.165, 1.54) is 60.0 Å². The highest BCUT2D eigenvalue weighted by molar-refractivity contribution is 6.16. The molecule has 0 aliphatic heterocycles. The Balaban J connectivity index is 1.29. The van der Waals surface area contributed by atoms with Gasteiger partial charge in [0.05, 0.1) is 22.2 Å². The molecule has 0 unspecified atom stereocenters. The van der Waals surface area contributed by atoms with Gasteiger partial charge in [0.15, 0.2) is 0 Å². The maximum atomic E-state index is 5.54. The lowest BCUT2D eigenvalue weighted by Gasteiger charge is -2.23. The molecule has 3 heteroatoms. The molecule has 1 aliphatic rings. The number of hydrogen-bond donors (Lipinski definition) is 0. The fraction of sp³-hybridized carbons (Fsp3) is 0.0638. The van der Waals surface area contributed by atoms with Crippen LogP contribution in [0, 0.1) is 0 Å². The predicted octanol–water partition coefficient (Wildman–Crippen LogP) is 12.2. The fourth-order valence-corrected chi connectivity index (χ4v) is 8.89. The van der Waals surface area contributed by atoms with Crippen LogP contribution in [-0.2, 0) is 5.41 Å². The standard InChI is InChI=1S/C47H31N3/c1-47(2)40-20-9-7-17-33(40)35-24-23-30-26-39-34-18-8-10-21-41(34)50(42(39)27-38(30)43(35)47)46-48-44-32-16-6-4-13-29(32)22-25-37(44)45(49-46)36-19-11-14-28-12-3-5-15-31(28)36/h3-27H,1-2H3. The van der Waals surface area contributed by atoms with Gasteiger partial charge in [0.1, 0.15) is 0 Å². The van der Waals surface area contributed by atoms with E-state index in [0.29, 0.717) is 5.95 Å². The van der Waals surface area contributed by atoms with Crippen molar-refractivity contribution in [1.82, 2.24) is 14.5 Å². The number of fused-ring (bicyclic) bond motifs is 12. The summed E-state index contributed by atoms with van der Waals surface area (Å²) in [6, 6.07) is 55.0. The van der Waals surface area contributed by atoms with Crippen LogP contribution >= 0.6 is 0 Å². The second-order valence-corrected chi connectivity index (χ2v) is 14.2. The van der Waals surface area contributed by atoms with Crippen LogP contribution in [0.4, 0.5) is 0 Å². The van der Waals surface area contributed by atoms with E-state index < -0.39 is 0 Å². The minimum absolute atomic E-state index is 0.129. The van der Waals surface area contributed by atoms with Crippen LogP contribution in [0.2, 0.25) is 0 Å². The van der Waals surface area contributed by atoms with E-state index in [-0.39, 0.29) is 5.41 Å². The van der Waals surface area contributed by atoms with Gasteiger partial charge in [-0.1, -0.05) is 141 Å². The van der Waals surface area contributed by atoms with E-state index in [9.17, 15) is 0 Å². The average molecular weight is 638 g/mol. The van der Waals surface area contributed by atoms with E-state index in [0.717, 1.165) is 38.6 Å². The lowest BCUT2D eigenvalue weighted by atomic mass is 9.80. The zero-order valence-electron chi connectivity index (χ0n) is 27.8. The molecule has 0 fully saturated rings. The van der Waals surface area contributed by atoms with Crippen molar-refractivity contribution in [1.29, 1.82) is 0 Å². The van der Waals surface area contributed by atoms with Gasteiger partial charge in [-0.3, -0.25) is 4.57 Å². The summed E-state index contributed by atoms with van der Waals surface area (Å²) in [6.45, 7) is 4.73. The van der Waals surface area contributed by atoms with Crippen molar-refractivity contribution >= 4 is 65.0 Å². The van der Waals surface area contributed by atoms with E-state index in [1.807, 2.05) is 0 Å². The van der Waals surface area contributed by atoms with Crippen molar-refractivity contribution in [2.24, 2.45) is 0 Å². The third kappa shape index (κ3) is 3.64. The first-order chi connectivity index (χ1) is 24.6. The maximum absolute atomic E-state index is 5.54. The van der Waals surface area contributed by atoms with Crippen molar-refractivity contribution < 1.29 is 0 Å². The van der Waals surface area contributed by atoms with E-state index >= 15 is 0 Å². The summed E-state index contributed by atoms with van der Waals surface area (Å²) in [4.78, 5) is 11.0. The molecular weight excluding hydrogens is 607 g/mol. The molecule has 10 aromatic rings. The first-order valence-corrected chi connectivity index (χ1v) is 17.3. The SMILES string of the molecule is CC1(C)c2ccccc2-c2ccc3cc4c5ccccc5n(-c5nc(-c6cccc7ccccc67)c6ccc7ccccc7c6n5)c4cc3c21. The Morgan fingerprint density at radius 3 is 2.00 bits per heavy atom. The van der Waals surface area contributed by atoms with Gasteiger partial charge in [-0.25, -0.2) is 9.97 Å². The molecule has 50 heavy (non-hydrogen) atoms. The van der Waals surface area contributed by atoms with Crippen LogP contribution in [0.5, 0.6) is 0 Å². The quantitative estimate of drug-likeness (QED) is 0.177. The molecule has 0 saturated carbocycles. The maximum Gasteiger partial charge on any atom is 0.235 e. The van der Waals surface area contributed by atoms with E-state index in [2.05, 4.69) is 170 Å². The van der Waals surface area contributed by atoms with Gasteiger partial charge in [0.25, 0.3) is 0 Å². The van der Waals surface area contributed by atoms with Gasteiger partial charge in [-0.15, -0.1) is 0 Å². The van der Waals surface area contributed by atoms with Gasteiger partial charge >= 0.3 is 0 Å². The Labute approximate surface area is 289 Å². The van der Waals surface area contributed by atoms with E-state index in [1.54, 1.807) is 0 Å². The highest BCUT2D eigenvalue weighted by Gasteiger charge is 2.36. The van der Waals surface area contributed by atoms with Gasteiger partial charge in [-0.05, 0) is 73.5 Å². The summed E-state index contributed by atoms with van der Waals surface area (Å²) in [5, 5.41) is 10.6. The summed E-state index contributed by atoms with van der Waals surface area (Å²) < 4.78 is 2.30. The fourth-order valence-electron chi connectivity index (χ4n) is 8.89. The van der Waals surface area contributed by atoms with Gasteiger partial charge < -0.3 is 0 Å². The zero-order chi connectivity index (χ0) is 33.1. The Hall–Kier alpha value is -6.32. The largest absolute Gasteiger partial charge is 0.278 e. The lowest BCUT2D eigenvalue weighted by Crippen LogP contribution is -2.15. The monoisotopic (exact) mass is 637 g/mol. The summed E-state index contributed by atoms with van der Waals surface area (Å²) >= 11 is 0. The van der Waals surface area contributed by atoms with Crippen LogP contribution in [0.25, 0.3) is 93.4 Å². The van der Waals surface area contributed by atoms with Crippen molar-refractivity contribution in [3.63, 3.8) is 0 Å². The molecule has 2 heterocycles. The van der Waals surface area contributed by atoms with Gasteiger partial charge in [-0.2, -0.15) is 0 Å². The molecule has 3 nitrogen and oxygen atoms in total. The molecule has 11 rings (SSSR count). The number of nitrogens with zero attached hydrogens (tertiary/aromatic N) is 3. The lowest BCUT2D eigenvalue weighted by molar-refractivity contribution is 0.666. The predicted molar refractivity (Wildman–Crippen MR) is 209 cm³/mol.